The van der Waals surface area contributed by atoms with Gasteiger partial charge in [0.2, 0.25) is 5.91 Å². The standard InChI is InChI=1S/C12H11Cl2NO5/c13-8-2-1-7(9(14)4-8)3-10(16)15(5-11(17)18)6-12(19)20/h1-2,4H,3,5-6H2,(H,17,18)(H,19,20). The number of nitrogens with zero attached hydrogens (tertiary/aromatic N) is 1. The van der Waals surface area contributed by atoms with Gasteiger partial charge in [-0.1, -0.05) is 29.3 Å². The lowest BCUT2D eigenvalue weighted by Gasteiger charge is -2.18. The number of amides is 1. The van der Waals surface area contributed by atoms with Gasteiger partial charge in [0, 0.05) is 10.0 Å². The number of carbonyl (C=O) groups is 3. The number of halogens is 2. The number of benzene rings is 1. The molecule has 0 aliphatic heterocycles. The maximum Gasteiger partial charge on any atom is 0.323 e. The average Bonchev–Trinajstić information content (AvgIpc) is 2.30. The van der Waals surface area contributed by atoms with Gasteiger partial charge < -0.3 is 15.1 Å². The van der Waals surface area contributed by atoms with E-state index in [1.165, 1.54) is 18.2 Å². The van der Waals surface area contributed by atoms with Crippen molar-refractivity contribution in [3.05, 3.63) is 33.8 Å². The van der Waals surface area contributed by atoms with Crippen molar-refractivity contribution in [3.63, 3.8) is 0 Å². The fourth-order valence-corrected chi connectivity index (χ4v) is 1.97. The topological polar surface area (TPSA) is 94.9 Å². The first-order chi connectivity index (χ1) is 9.29. The zero-order valence-corrected chi connectivity index (χ0v) is 11.7. The first-order valence-corrected chi connectivity index (χ1v) is 6.20. The summed E-state index contributed by atoms with van der Waals surface area (Å²) in [4.78, 5) is 33.9. The third kappa shape index (κ3) is 5.07. The quantitative estimate of drug-likeness (QED) is 0.829. The van der Waals surface area contributed by atoms with Crippen molar-refractivity contribution in [1.29, 1.82) is 0 Å². The fourth-order valence-electron chi connectivity index (χ4n) is 1.50. The molecule has 0 aliphatic carbocycles. The molecular formula is C12H11Cl2NO5. The van der Waals surface area contributed by atoms with Gasteiger partial charge in [0.25, 0.3) is 0 Å². The van der Waals surface area contributed by atoms with Crippen molar-refractivity contribution in [1.82, 2.24) is 4.90 Å². The second-order valence-corrected chi connectivity index (χ2v) is 4.79. The number of carboxylic acid groups (broad SMARTS) is 2. The largest absolute Gasteiger partial charge is 0.480 e. The van der Waals surface area contributed by atoms with Crippen LogP contribution in [0.25, 0.3) is 0 Å². The molecule has 0 aromatic heterocycles. The lowest BCUT2D eigenvalue weighted by Crippen LogP contribution is -2.40. The minimum absolute atomic E-state index is 0.198. The van der Waals surface area contributed by atoms with Crippen LogP contribution >= 0.6 is 23.2 Å². The van der Waals surface area contributed by atoms with Gasteiger partial charge in [-0.2, -0.15) is 0 Å². The molecule has 0 radical (unpaired) electrons. The number of hydrogen-bond acceptors (Lipinski definition) is 3. The zero-order valence-electron chi connectivity index (χ0n) is 10.2. The van der Waals surface area contributed by atoms with E-state index in [1.807, 2.05) is 0 Å². The van der Waals surface area contributed by atoms with E-state index in [2.05, 4.69) is 0 Å². The minimum atomic E-state index is -1.29. The minimum Gasteiger partial charge on any atom is -0.480 e. The van der Waals surface area contributed by atoms with Gasteiger partial charge in [0.1, 0.15) is 13.1 Å². The Morgan fingerprint density at radius 2 is 1.60 bits per heavy atom. The highest BCUT2D eigenvalue weighted by Gasteiger charge is 2.20. The molecule has 0 fully saturated rings. The van der Waals surface area contributed by atoms with Gasteiger partial charge in [-0.05, 0) is 17.7 Å². The van der Waals surface area contributed by atoms with Gasteiger partial charge in [-0.3, -0.25) is 14.4 Å². The molecule has 108 valence electrons. The maximum atomic E-state index is 11.9. The van der Waals surface area contributed by atoms with Crippen molar-refractivity contribution in [3.8, 4) is 0 Å². The van der Waals surface area contributed by atoms with Crippen LogP contribution in [0, 0.1) is 0 Å². The van der Waals surface area contributed by atoms with Crippen molar-refractivity contribution >= 4 is 41.0 Å². The molecule has 0 spiro atoms. The third-order valence-electron chi connectivity index (χ3n) is 2.36. The van der Waals surface area contributed by atoms with Crippen LogP contribution in [0.5, 0.6) is 0 Å². The third-order valence-corrected chi connectivity index (χ3v) is 2.95. The fraction of sp³-hybridized carbons (Fsp3) is 0.250. The van der Waals surface area contributed by atoms with Gasteiger partial charge >= 0.3 is 11.9 Å². The highest BCUT2D eigenvalue weighted by atomic mass is 35.5. The molecule has 1 aromatic rings. The summed E-state index contributed by atoms with van der Waals surface area (Å²) in [6.07, 6.45) is -0.198. The van der Waals surface area contributed by atoms with Crippen molar-refractivity contribution < 1.29 is 24.6 Å². The Hall–Kier alpha value is -1.79. The summed E-state index contributed by atoms with van der Waals surface area (Å²) in [5.74, 6) is -3.22. The molecule has 1 aromatic carbocycles. The maximum absolute atomic E-state index is 11.9. The molecule has 0 unspecified atom stereocenters. The van der Waals surface area contributed by atoms with Gasteiger partial charge in [-0.25, -0.2) is 0 Å². The highest BCUT2D eigenvalue weighted by molar-refractivity contribution is 6.35. The smallest absolute Gasteiger partial charge is 0.323 e. The summed E-state index contributed by atoms with van der Waals surface area (Å²) >= 11 is 11.6. The lowest BCUT2D eigenvalue weighted by molar-refractivity contribution is -0.149. The Morgan fingerprint density at radius 3 is 2.05 bits per heavy atom. The highest BCUT2D eigenvalue weighted by Crippen LogP contribution is 2.21. The van der Waals surface area contributed by atoms with Crippen molar-refractivity contribution in [2.45, 2.75) is 6.42 Å². The predicted molar refractivity (Wildman–Crippen MR) is 72.0 cm³/mol. The summed E-state index contributed by atoms with van der Waals surface area (Å²) < 4.78 is 0. The van der Waals surface area contributed by atoms with Gasteiger partial charge in [-0.15, -0.1) is 0 Å². The Morgan fingerprint density at radius 1 is 1.05 bits per heavy atom. The summed E-state index contributed by atoms with van der Waals surface area (Å²) in [6, 6.07) is 4.52. The zero-order chi connectivity index (χ0) is 15.3. The van der Waals surface area contributed by atoms with Gasteiger partial charge in [0.15, 0.2) is 0 Å². The molecule has 1 amide bonds. The molecule has 0 saturated heterocycles. The summed E-state index contributed by atoms with van der Waals surface area (Å²) in [7, 11) is 0. The number of carbonyl (C=O) groups excluding carboxylic acids is 1. The van der Waals surface area contributed by atoms with E-state index in [1.54, 1.807) is 0 Å². The summed E-state index contributed by atoms with van der Waals surface area (Å²) in [6.45, 7) is -1.37. The second kappa shape index (κ2) is 7.12. The number of rotatable bonds is 6. The van der Waals surface area contributed by atoms with E-state index in [0.717, 1.165) is 4.90 Å². The Labute approximate surface area is 124 Å². The first-order valence-electron chi connectivity index (χ1n) is 5.45. The van der Waals surface area contributed by atoms with Crippen molar-refractivity contribution in [2.75, 3.05) is 13.1 Å². The molecule has 0 atom stereocenters. The van der Waals surface area contributed by atoms with E-state index in [0.29, 0.717) is 10.6 Å². The summed E-state index contributed by atoms with van der Waals surface area (Å²) in [5.41, 5.74) is 0.446. The molecule has 2 N–H and O–H groups in total. The van der Waals surface area contributed by atoms with Crippen LogP contribution in [0.1, 0.15) is 5.56 Å². The summed E-state index contributed by atoms with van der Waals surface area (Å²) in [5, 5.41) is 18.0. The van der Waals surface area contributed by atoms with E-state index in [-0.39, 0.29) is 11.4 Å². The number of carboxylic acids is 2. The van der Waals surface area contributed by atoms with E-state index < -0.39 is 30.9 Å². The number of aliphatic carboxylic acids is 2. The van der Waals surface area contributed by atoms with Crippen LogP contribution in [0.2, 0.25) is 10.0 Å². The Balaban J connectivity index is 2.84. The molecule has 20 heavy (non-hydrogen) atoms. The van der Waals surface area contributed by atoms with Crippen molar-refractivity contribution in [2.24, 2.45) is 0 Å². The SMILES string of the molecule is O=C(O)CN(CC(=O)O)C(=O)Cc1ccc(Cl)cc1Cl. The Kier molecular flexibility index (Phi) is 5.79. The number of hydrogen-bond donors (Lipinski definition) is 2. The molecule has 0 aliphatic rings. The molecule has 0 saturated carbocycles. The molecule has 0 bridgehead atoms. The van der Waals surface area contributed by atoms with E-state index in [4.69, 9.17) is 33.4 Å². The molecule has 6 nitrogen and oxygen atoms in total. The van der Waals surface area contributed by atoms with Crippen LogP contribution in [-0.4, -0.2) is 46.0 Å². The second-order valence-electron chi connectivity index (χ2n) is 3.95. The monoisotopic (exact) mass is 319 g/mol. The molecule has 8 heteroatoms. The van der Waals surface area contributed by atoms with E-state index in [9.17, 15) is 14.4 Å². The van der Waals surface area contributed by atoms with Crippen LogP contribution in [0.15, 0.2) is 18.2 Å². The predicted octanol–water partition coefficient (Wildman–Crippen LogP) is 1.53. The molecular weight excluding hydrogens is 309 g/mol. The molecule has 0 heterocycles. The van der Waals surface area contributed by atoms with E-state index >= 15 is 0 Å². The van der Waals surface area contributed by atoms with Crippen LogP contribution < -0.4 is 0 Å². The first kappa shape index (κ1) is 16.3. The van der Waals surface area contributed by atoms with Gasteiger partial charge in [0.05, 0.1) is 6.42 Å². The van der Waals surface area contributed by atoms with Crippen LogP contribution in [0.4, 0.5) is 0 Å². The lowest BCUT2D eigenvalue weighted by atomic mass is 10.1. The Bertz CT molecular complexity index is 531. The van der Waals surface area contributed by atoms with Crippen LogP contribution in [-0.2, 0) is 20.8 Å². The average molecular weight is 320 g/mol. The molecule has 1 rings (SSSR count). The van der Waals surface area contributed by atoms with Crippen LogP contribution in [0.3, 0.4) is 0 Å². The normalized spacial score (nSPS) is 10.1.